The Morgan fingerprint density at radius 2 is 1.71 bits per heavy atom. The van der Waals surface area contributed by atoms with Crippen molar-refractivity contribution in [2.45, 2.75) is 71.1 Å². The van der Waals surface area contributed by atoms with Crippen LogP contribution in [0, 0.1) is 17.8 Å². The molecule has 0 spiro atoms. The van der Waals surface area contributed by atoms with Crippen molar-refractivity contribution in [3.05, 3.63) is 54.1 Å². The first kappa shape index (κ1) is 19.6. The third kappa shape index (κ3) is 4.45. The highest BCUT2D eigenvalue weighted by atomic mass is 16.5. The van der Waals surface area contributed by atoms with Gasteiger partial charge in [0.05, 0.1) is 0 Å². The minimum absolute atomic E-state index is 0.643. The number of allylic oxidation sites excluding steroid dienone is 1. The second-order valence-corrected chi connectivity index (χ2v) is 9.15. The molecule has 0 N–H and O–H groups in total. The van der Waals surface area contributed by atoms with Crippen LogP contribution in [-0.2, 0) is 0 Å². The molecule has 2 unspecified atom stereocenters. The van der Waals surface area contributed by atoms with Crippen molar-refractivity contribution < 1.29 is 4.74 Å². The maximum atomic E-state index is 5.80. The van der Waals surface area contributed by atoms with Crippen LogP contribution in [0.15, 0.2) is 48.6 Å². The van der Waals surface area contributed by atoms with Crippen LogP contribution in [0.4, 0.5) is 0 Å². The summed E-state index contributed by atoms with van der Waals surface area (Å²) in [6.07, 6.45) is 15.6. The maximum Gasteiger partial charge on any atom is 0.120 e. The smallest absolute Gasteiger partial charge is 0.120 e. The number of fused-ring (bicyclic) bond motifs is 2. The quantitative estimate of drug-likeness (QED) is 0.466. The second kappa shape index (κ2) is 9.16. The highest BCUT2D eigenvalue weighted by Crippen LogP contribution is 2.48. The standard InChI is InChI=1S/C27H36O/c1-3-5-15-28-27-14-13-25-18-24(11-12-26(25)19-27)23-10-9-21-16-20(6-4-2)7-8-22(21)17-23/h3,5,11-14,18-23H,4,6-10,15-17H2,1-2H3/b5-3+/t20?,21-,22?,23-/m1/s1. The molecule has 2 aliphatic carbocycles. The maximum absolute atomic E-state index is 5.80. The Balaban J connectivity index is 1.42. The molecule has 150 valence electrons. The van der Waals surface area contributed by atoms with Crippen LogP contribution >= 0.6 is 0 Å². The van der Waals surface area contributed by atoms with Crippen LogP contribution in [-0.4, -0.2) is 6.61 Å². The first-order valence-electron chi connectivity index (χ1n) is 11.5. The number of hydrogen-bond donors (Lipinski definition) is 0. The van der Waals surface area contributed by atoms with Gasteiger partial charge in [-0.05, 0) is 91.2 Å². The average molecular weight is 377 g/mol. The summed E-state index contributed by atoms with van der Waals surface area (Å²) in [5, 5.41) is 2.64. The minimum atomic E-state index is 0.643. The van der Waals surface area contributed by atoms with E-state index in [-0.39, 0.29) is 0 Å². The molecule has 0 amide bonds. The predicted molar refractivity (Wildman–Crippen MR) is 120 cm³/mol. The SMILES string of the molecule is C/C=C/COc1ccc2cc([C@@H]3CC[C@@H]4CC(CCC)CCC4C3)ccc2c1. The normalized spacial score (nSPS) is 27.8. The Kier molecular flexibility index (Phi) is 6.40. The van der Waals surface area contributed by atoms with Gasteiger partial charge in [-0.3, -0.25) is 0 Å². The second-order valence-electron chi connectivity index (χ2n) is 9.15. The van der Waals surface area contributed by atoms with Gasteiger partial charge in [0.25, 0.3) is 0 Å². The zero-order chi connectivity index (χ0) is 19.3. The van der Waals surface area contributed by atoms with Crippen LogP contribution in [0.25, 0.3) is 10.8 Å². The first-order valence-corrected chi connectivity index (χ1v) is 11.5. The molecule has 0 aromatic heterocycles. The van der Waals surface area contributed by atoms with Crippen molar-refractivity contribution in [1.29, 1.82) is 0 Å². The molecule has 0 bridgehead atoms. The molecular formula is C27H36O. The van der Waals surface area contributed by atoms with Crippen LogP contribution in [0.2, 0.25) is 0 Å². The molecule has 4 atom stereocenters. The van der Waals surface area contributed by atoms with Gasteiger partial charge in [0.1, 0.15) is 12.4 Å². The summed E-state index contributed by atoms with van der Waals surface area (Å²) in [6.45, 7) is 5.01. The third-order valence-corrected chi connectivity index (χ3v) is 7.31. The molecule has 2 saturated carbocycles. The van der Waals surface area contributed by atoms with Crippen LogP contribution in [0.3, 0.4) is 0 Å². The van der Waals surface area contributed by atoms with Gasteiger partial charge in [-0.25, -0.2) is 0 Å². The molecule has 0 aliphatic heterocycles. The third-order valence-electron chi connectivity index (χ3n) is 7.31. The number of benzene rings is 2. The van der Waals surface area contributed by atoms with E-state index in [2.05, 4.69) is 43.3 Å². The molecule has 2 aromatic rings. The lowest BCUT2D eigenvalue weighted by atomic mass is 9.63. The minimum Gasteiger partial charge on any atom is -0.490 e. The van der Waals surface area contributed by atoms with Gasteiger partial charge in [-0.2, -0.15) is 0 Å². The predicted octanol–water partition coefficient (Wildman–Crippen LogP) is 7.89. The zero-order valence-corrected chi connectivity index (χ0v) is 17.7. The molecule has 2 aliphatic rings. The summed E-state index contributed by atoms with van der Waals surface area (Å²) < 4.78 is 5.80. The molecule has 1 nitrogen and oxygen atoms in total. The summed E-state index contributed by atoms with van der Waals surface area (Å²) in [6, 6.07) is 13.6. The van der Waals surface area contributed by atoms with Gasteiger partial charge in [0.15, 0.2) is 0 Å². The van der Waals surface area contributed by atoms with Crippen LogP contribution < -0.4 is 4.74 Å². The van der Waals surface area contributed by atoms with Crippen LogP contribution in [0.1, 0.15) is 76.7 Å². The van der Waals surface area contributed by atoms with Crippen molar-refractivity contribution in [1.82, 2.24) is 0 Å². The average Bonchev–Trinajstić information content (AvgIpc) is 2.73. The highest BCUT2D eigenvalue weighted by molar-refractivity contribution is 5.84. The fourth-order valence-corrected chi connectivity index (χ4v) is 5.79. The molecule has 0 radical (unpaired) electrons. The molecule has 0 saturated heterocycles. The zero-order valence-electron chi connectivity index (χ0n) is 17.7. The number of ether oxygens (including phenoxy) is 1. The van der Waals surface area contributed by atoms with Gasteiger partial charge in [0.2, 0.25) is 0 Å². The summed E-state index contributed by atoms with van der Waals surface area (Å²) in [5.41, 5.74) is 1.56. The Hall–Kier alpha value is -1.76. The Bertz CT molecular complexity index is 805. The summed E-state index contributed by atoms with van der Waals surface area (Å²) >= 11 is 0. The van der Waals surface area contributed by atoms with E-state index in [1.807, 2.05) is 19.1 Å². The van der Waals surface area contributed by atoms with E-state index in [4.69, 9.17) is 4.74 Å². The summed E-state index contributed by atoms with van der Waals surface area (Å²) in [4.78, 5) is 0. The monoisotopic (exact) mass is 376 g/mol. The molecule has 0 heterocycles. The van der Waals surface area contributed by atoms with Gasteiger partial charge in [-0.1, -0.05) is 62.6 Å². The van der Waals surface area contributed by atoms with Crippen LogP contribution in [0.5, 0.6) is 5.75 Å². The van der Waals surface area contributed by atoms with Crippen molar-refractivity contribution in [2.24, 2.45) is 17.8 Å². The Labute approximate surface area is 171 Å². The number of hydrogen-bond acceptors (Lipinski definition) is 1. The van der Waals surface area contributed by atoms with E-state index in [9.17, 15) is 0 Å². The van der Waals surface area contributed by atoms with E-state index < -0.39 is 0 Å². The number of rotatable bonds is 6. The largest absolute Gasteiger partial charge is 0.490 e. The van der Waals surface area contributed by atoms with E-state index in [0.29, 0.717) is 6.61 Å². The molecular weight excluding hydrogens is 340 g/mol. The van der Waals surface area contributed by atoms with Gasteiger partial charge >= 0.3 is 0 Å². The van der Waals surface area contributed by atoms with E-state index in [1.165, 1.54) is 62.1 Å². The Morgan fingerprint density at radius 1 is 0.929 bits per heavy atom. The van der Waals surface area contributed by atoms with Crippen molar-refractivity contribution >= 4 is 10.8 Å². The fraction of sp³-hybridized carbons (Fsp3) is 0.556. The molecule has 1 heteroatoms. The lowest BCUT2D eigenvalue weighted by molar-refractivity contribution is 0.114. The molecule has 2 aromatic carbocycles. The Morgan fingerprint density at radius 3 is 2.57 bits per heavy atom. The van der Waals surface area contributed by atoms with E-state index in [0.717, 1.165) is 29.4 Å². The summed E-state index contributed by atoms with van der Waals surface area (Å²) in [7, 11) is 0. The van der Waals surface area contributed by atoms with Crippen molar-refractivity contribution in [3.8, 4) is 5.75 Å². The lowest BCUT2D eigenvalue weighted by Crippen LogP contribution is -2.30. The van der Waals surface area contributed by atoms with Crippen molar-refractivity contribution in [2.75, 3.05) is 6.61 Å². The van der Waals surface area contributed by atoms with Gasteiger partial charge in [-0.15, -0.1) is 0 Å². The molecule has 28 heavy (non-hydrogen) atoms. The summed E-state index contributed by atoms with van der Waals surface area (Å²) in [5.74, 6) is 4.73. The highest BCUT2D eigenvalue weighted by Gasteiger charge is 2.35. The topological polar surface area (TPSA) is 9.23 Å². The van der Waals surface area contributed by atoms with E-state index >= 15 is 0 Å². The van der Waals surface area contributed by atoms with Gasteiger partial charge < -0.3 is 4.74 Å². The first-order chi connectivity index (χ1) is 13.8. The van der Waals surface area contributed by atoms with E-state index in [1.54, 1.807) is 5.56 Å². The van der Waals surface area contributed by atoms with Crippen molar-refractivity contribution in [3.63, 3.8) is 0 Å². The van der Waals surface area contributed by atoms with Gasteiger partial charge in [0, 0.05) is 0 Å². The lowest BCUT2D eigenvalue weighted by Gasteiger charge is -2.42. The molecule has 2 fully saturated rings. The fourth-order valence-electron chi connectivity index (χ4n) is 5.79. The molecule has 4 rings (SSSR count).